The molecule has 1 fully saturated rings. The zero-order chi connectivity index (χ0) is 28.2. The Morgan fingerprint density at radius 1 is 1.21 bits per heavy atom. The molecule has 1 aliphatic carbocycles. The fourth-order valence-electron chi connectivity index (χ4n) is 5.74. The number of aliphatic imine (C=N–C) groups is 1. The fourth-order valence-corrected chi connectivity index (χ4v) is 6.93. The van der Waals surface area contributed by atoms with E-state index in [1.165, 1.54) is 11.8 Å². The maximum Gasteiger partial charge on any atom is 0.418 e. The third-order valence-corrected chi connectivity index (χ3v) is 8.75. The van der Waals surface area contributed by atoms with E-state index in [0.29, 0.717) is 16.6 Å². The van der Waals surface area contributed by atoms with E-state index in [4.69, 9.17) is 14.8 Å². The first kappa shape index (κ1) is 29.5. The second kappa shape index (κ2) is 12.8. The van der Waals surface area contributed by atoms with Crippen LogP contribution in [0.1, 0.15) is 69.4 Å². The van der Waals surface area contributed by atoms with Crippen LogP contribution in [0.2, 0.25) is 0 Å². The number of thioether (sulfide) groups is 1. The number of nitrogens with zero attached hydrogens (tertiary/aromatic N) is 2. The number of amidine groups is 1. The van der Waals surface area contributed by atoms with E-state index < -0.39 is 29.6 Å². The summed E-state index contributed by atoms with van der Waals surface area (Å²) in [5, 5.41) is 9.60. The number of hydrogen-bond acceptors (Lipinski definition) is 5. The maximum absolute atomic E-state index is 14.2. The number of aliphatic carboxylic acids is 1. The molecule has 2 heterocycles. The molecule has 0 aromatic heterocycles. The van der Waals surface area contributed by atoms with Crippen molar-refractivity contribution >= 4 is 22.9 Å². The molecule has 2 aliphatic heterocycles. The summed E-state index contributed by atoms with van der Waals surface area (Å²) in [5.74, 6) is -1.03. The number of likely N-dealkylation sites (tertiary alicyclic amines) is 1. The number of halogens is 4. The monoisotopic (exact) mass is 568 g/mol. The van der Waals surface area contributed by atoms with Crippen LogP contribution < -0.4 is 4.74 Å². The smallest absolute Gasteiger partial charge is 0.418 e. The summed E-state index contributed by atoms with van der Waals surface area (Å²) in [6.07, 6.45) is 3.91. The molecule has 3 atom stereocenters. The maximum atomic E-state index is 14.2. The van der Waals surface area contributed by atoms with Crippen LogP contribution in [0.5, 0.6) is 5.75 Å². The number of carboxylic acid groups (broad SMARTS) is 1. The summed E-state index contributed by atoms with van der Waals surface area (Å²) in [5.41, 5.74) is 0.984. The first-order valence-corrected chi connectivity index (χ1v) is 14.5. The van der Waals surface area contributed by atoms with Gasteiger partial charge in [0, 0.05) is 23.9 Å². The average molecular weight is 569 g/mol. The van der Waals surface area contributed by atoms with Gasteiger partial charge >= 0.3 is 12.1 Å². The van der Waals surface area contributed by atoms with Gasteiger partial charge in [-0.25, -0.2) is 9.18 Å². The lowest BCUT2D eigenvalue weighted by molar-refractivity contribution is -0.139. The number of alkyl halides is 3. The standard InChI is InChI=1S/C29H36F4N2O3S/c1-3-5-21-9-8-19(6-4-7-20-12-18(2)13-22(14-20)38-17-27(36)37)10-11-35(21)28-34-25-16-24(30)23(29(31,32)33)15-26(25)39-28/h12-15,19,21,25H,3-11,16-17H2,1-2H3,(H,36,37)/t19?,21-,25?/m1/s1. The third kappa shape index (κ3) is 7.80. The minimum atomic E-state index is -4.70. The van der Waals surface area contributed by atoms with Gasteiger partial charge in [0.15, 0.2) is 11.8 Å². The topological polar surface area (TPSA) is 62.1 Å². The number of benzene rings is 1. The summed E-state index contributed by atoms with van der Waals surface area (Å²) in [4.78, 5) is 18.3. The molecule has 0 bridgehead atoms. The van der Waals surface area contributed by atoms with Crippen LogP contribution in [0.4, 0.5) is 17.6 Å². The highest BCUT2D eigenvalue weighted by atomic mass is 32.2. The van der Waals surface area contributed by atoms with Crippen LogP contribution in [-0.4, -0.2) is 52.6 Å². The Morgan fingerprint density at radius 2 is 2.00 bits per heavy atom. The zero-order valence-corrected chi connectivity index (χ0v) is 23.2. The fraction of sp³-hybridized carbons (Fsp3) is 0.586. The van der Waals surface area contributed by atoms with Crippen molar-refractivity contribution in [1.82, 2.24) is 4.90 Å². The Labute approximate surface area is 231 Å². The number of allylic oxidation sites excluding steroid dienone is 2. The van der Waals surface area contributed by atoms with Crippen molar-refractivity contribution < 1.29 is 32.2 Å². The highest BCUT2D eigenvalue weighted by Crippen LogP contribution is 2.45. The molecule has 3 aliphatic rings. The van der Waals surface area contributed by atoms with Crippen molar-refractivity contribution in [2.45, 2.75) is 89.9 Å². The highest BCUT2D eigenvalue weighted by Gasteiger charge is 2.42. The van der Waals surface area contributed by atoms with Gasteiger partial charge < -0.3 is 14.7 Å². The van der Waals surface area contributed by atoms with Crippen molar-refractivity contribution in [2.24, 2.45) is 10.9 Å². The predicted molar refractivity (Wildman–Crippen MR) is 146 cm³/mol. The molecule has 0 saturated carbocycles. The minimum absolute atomic E-state index is 0.276. The molecule has 2 unspecified atom stereocenters. The number of rotatable bonds is 9. The molecular weight excluding hydrogens is 532 g/mol. The lowest BCUT2D eigenvalue weighted by Crippen LogP contribution is -2.38. The van der Waals surface area contributed by atoms with E-state index >= 15 is 0 Å². The molecule has 1 aromatic carbocycles. The van der Waals surface area contributed by atoms with E-state index in [1.807, 2.05) is 19.1 Å². The van der Waals surface area contributed by atoms with Crippen LogP contribution in [0, 0.1) is 12.8 Å². The highest BCUT2D eigenvalue weighted by molar-refractivity contribution is 8.17. The molecule has 10 heteroatoms. The first-order chi connectivity index (χ1) is 18.5. The van der Waals surface area contributed by atoms with E-state index in [1.54, 1.807) is 0 Å². The van der Waals surface area contributed by atoms with Gasteiger partial charge in [-0.2, -0.15) is 13.2 Å². The van der Waals surface area contributed by atoms with Gasteiger partial charge in [-0.3, -0.25) is 4.99 Å². The Kier molecular flexibility index (Phi) is 9.67. The summed E-state index contributed by atoms with van der Waals surface area (Å²) < 4.78 is 59.3. The van der Waals surface area contributed by atoms with Crippen LogP contribution >= 0.6 is 11.8 Å². The molecule has 1 saturated heterocycles. The van der Waals surface area contributed by atoms with Gasteiger partial charge in [-0.05, 0) is 80.7 Å². The molecular formula is C29H36F4N2O3S. The van der Waals surface area contributed by atoms with E-state index in [9.17, 15) is 22.4 Å². The normalized spacial score (nSPS) is 23.7. The number of carbonyl (C=O) groups is 1. The lowest BCUT2D eigenvalue weighted by atomic mass is 9.92. The summed E-state index contributed by atoms with van der Waals surface area (Å²) in [6.45, 7) is 4.53. The second-order valence-corrected chi connectivity index (χ2v) is 11.7. The summed E-state index contributed by atoms with van der Waals surface area (Å²) >= 11 is 1.27. The average Bonchev–Trinajstić information content (AvgIpc) is 3.15. The van der Waals surface area contributed by atoms with Crippen molar-refractivity contribution in [1.29, 1.82) is 0 Å². The number of fused-ring (bicyclic) bond motifs is 1. The van der Waals surface area contributed by atoms with Gasteiger partial charge in [0.1, 0.15) is 11.6 Å². The quantitative estimate of drug-likeness (QED) is 0.311. The number of carboxylic acids is 1. The van der Waals surface area contributed by atoms with Crippen molar-refractivity contribution in [3.05, 3.63) is 51.7 Å². The lowest BCUT2D eigenvalue weighted by Gasteiger charge is -2.31. The number of ether oxygens (including phenoxy) is 1. The van der Waals surface area contributed by atoms with E-state index in [2.05, 4.69) is 17.9 Å². The number of aryl methyl sites for hydroxylation is 2. The largest absolute Gasteiger partial charge is 0.482 e. The molecule has 0 spiro atoms. The van der Waals surface area contributed by atoms with Crippen LogP contribution in [0.15, 0.2) is 45.6 Å². The van der Waals surface area contributed by atoms with Crippen LogP contribution in [0.3, 0.4) is 0 Å². The van der Waals surface area contributed by atoms with Crippen molar-refractivity contribution in [3.8, 4) is 5.75 Å². The molecule has 1 N–H and O–H groups in total. The van der Waals surface area contributed by atoms with E-state index in [-0.39, 0.29) is 19.1 Å². The van der Waals surface area contributed by atoms with Gasteiger partial charge in [0.05, 0.1) is 11.6 Å². The second-order valence-electron chi connectivity index (χ2n) is 10.7. The molecule has 1 aromatic rings. The molecule has 39 heavy (non-hydrogen) atoms. The Hall–Kier alpha value is -2.49. The molecule has 4 rings (SSSR count). The predicted octanol–water partition coefficient (Wildman–Crippen LogP) is 7.60. The molecule has 0 radical (unpaired) electrons. The van der Waals surface area contributed by atoms with Crippen LogP contribution in [-0.2, 0) is 11.2 Å². The minimum Gasteiger partial charge on any atom is -0.482 e. The number of hydrogen-bond donors (Lipinski definition) is 1. The van der Waals surface area contributed by atoms with Gasteiger partial charge in [-0.15, -0.1) is 0 Å². The van der Waals surface area contributed by atoms with Crippen molar-refractivity contribution in [3.63, 3.8) is 0 Å². The summed E-state index contributed by atoms with van der Waals surface area (Å²) in [6, 6.07) is 5.57. The van der Waals surface area contributed by atoms with Gasteiger partial charge in [0.25, 0.3) is 0 Å². The Morgan fingerprint density at radius 3 is 2.72 bits per heavy atom. The van der Waals surface area contributed by atoms with Gasteiger partial charge in [-0.1, -0.05) is 37.6 Å². The Balaban J connectivity index is 1.35. The SMILES string of the molecule is CCC[C@@H]1CCC(CCCc2cc(C)cc(OCC(=O)O)c2)CCN1C1=NC2CC(F)=C(C(F)(F)F)C=C2S1. The third-order valence-electron chi connectivity index (χ3n) is 7.61. The Bertz CT molecular complexity index is 1150. The summed E-state index contributed by atoms with van der Waals surface area (Å²) in [7, 11) is 0. The zero-order valence-electron chi connectivity index (χ0n) is 22.4. The first-order valence-electron chi connectivity index (χ1n) is 13.7. The molecule has 0 amide bonds. The van der Waals surface area contributed by atoms with Crippen molar-refractivity contribution in [2.75, 3.05) is 13.2 Å². The molecule has 214 valence electrons. The van der Waals surface area contributed by atoms with Gasteiger partial charge in [0.2, 0.25) is 0 Å². The van der Waals surface area contributed by atoms with E-state index in [0.717, 1.165) is 80.3 Å². The molecule has 5 nitrogen and oxygen atoms in total. The van der Waals surface area contributed by atoms with Crippen LogP contribution in [0.25, 0.3) is 0 Å².